The van der Waals surface area contributed by atoms with Crippen LogP contribution in [-0.4, -0.2) is 143 Å². The Labute approximate surface area is 339 Å². The number of primary amides is 1. The summed E-state index contributed by atoms with van der Waals surface area (Å²) in [4.78, 5) is 128. The smallest absolute Gasteiger partial charge is 0.326 e. The number of aliphatic imine (C=N–C) groups is 1. The SMILES string of the molecule is C[C@H](NC(=O)[C@H](CC(N)=O)NC(=O)[C@H](CCCN=C(N)N)NC(=O)CNC(=O)[C@H](CS)NC(=O)[C@H](C)NC(=O)[C@@H](N)CCCCN)C(=O)N[C@@H](CCC(=O)O)C(=O)O. The monoisotopic (exact) mass is 847 g/mol. The first-order valence-corrected chi connectivity index (χ1v) is 18.7. The first kappa shape index (κ1) is 52.2. The van der Waals surface area contributed by atoms with E-state index in [1.807, 2.05) is 0 Å². The third-order valence-electron chi connectivity index (χ3n) is 7.95. The second-order valence-corrected chi connectivity index (χ2v) is 13.3. The molecule has 8 amide bonds. The lowest BCUT2D eigenvalue weighted by atomic mass is 10.1. The largest absolute Gasteiger partial charge is 0.481 e. The lowest BCUT2D eigenvalue weighted by molar-refractivity contribution is -0.143. The van der Waals surface area contributed by atoms with Crippen LogP contribution in [0.15, 0.2) is 4.99 Å². The van der Waals surface area contributed by atoms with Gasteiger partial charge in [0.25, 0.3) is 0 Å². The molecule has 0 aromatic carbocycles. The average Bonchev–Trinajstić information content (AvgIpc) is 3.14. The van der Waals surface area contributed by atoms with Crippen molar-refractivity contribution in [3.8, 4) is 0 Å². The number of aliphatic carboxylic acids is 2. The number of hydrogen-bond acceptors (Lipinski definition) is 14. The van der Waals surface area contributed by atoms with Gasteiger partial charge in [0.2, 0.25) is 47.3 Å². The van der Waals surface area contributed by atoms with Gasteiger partial charge in [-0.1, -0.05) is 6.42 Å². The molecule has 0 saturated heterocycles. The predicted molar refractivity (Wildman–Crippen MR) is 209 cm³/mol. The summed E-state index contributed by atoms with van der Waals surface area (Å²) in [7, 11) is 0. The molecule has 0 aliphatic carbocycles. The van der Waals surface area contributed by atoms with Gasteiger partial charge in [0.05, 0.1) is 19.0 Å². The van der Waals surface area contributed by atoms with Gasteiger partial charge in [0.15, 0.2) is 5.96 Å². The predicted octanol–water partition coefficient (Wildman–Crippen LogP) is -6.68. The summed E-state index contributed by atoms with van der Waals surface area (Å²) in [5.74, 6) is -10.6. The van der Waals surface area contributed by atoms with Crippen LogP contribution in [0.1, 0.15) is 65.2 Å². The molecule has 0 aliphatic heterocycles. The summed E-state index contributed by atoms with van der Waals surface area (Å²) in [6.07, 6.45) is -0.248. The highest BCUT2D eigenvalue weighted by Crippen LogP contribution is 2.04. The topological polar surface area (TPSA) is 438 Å². The number of carbonyl (C=O) groups excluding carboxylic acids is 8. The molecule has 0 unspecified atom stereocenters. The lowest BCUT2D eigenvalue weighted by Crippen LogP contribution is -2.58. The van der Waals surface area contributed by atoms with Crippen molar-refractivity contribution in [2.45, 2.75) is 108 Å². The van der Waals surface area contributed by atoms with Gasteiger partial charge in [-0.15, -0.1) is 0 Å². The number of carboxylic acid groups (broad SMARTS) is 2. The van der Waals surface area contributed by atoms with E-state index in [1.165, 1.54) is 6.92 Å². The molecule has 25 nitrogen and oxygen atoms in total. The van der Waals surface area contributed by atoms with Crippen molar-refractivity contribution in [1.29, 1.82) is 0 Å². The molecule has 0 saturated carbocycles. The fourth-order valence-electron chi connectivity index (χ4n) is 4.71. The second-order valence-electron chi connectivity index (χ2n) is 12.9. The molecule has 0 aliphatic rings. The Kier molecular flexibility index (Phi) is 25.0. The number of guanidine groups is 1. The van der Waals surface area contributed by atoms with E-state index in [-0.39, 0.29) is 31.1 Å². The van der Waals surface area contributed by atoms with Gasteiger partial charge in [-0.25, -0.2) is 4.79 Å². The molecule has 7 atom stereocenters. The number of carbonyl (C=O) groups is 10. The zero-order valence-electron chi connectivity index (χ0n) is 32.3. The van der Waals surface area contributed by atoms with E-state index in [2.05, 4.69) is 54.8 Å². The number of rotatable bonds is 29. The highest BCUT2D eigenvalue weighted by atomic mass is 32.1. The Hall–Kier alpha value is -5.76. The summed E-state index contributed by atoms with van der Waals surface area (Å²) in [5, 5.41) is 34.2. The van der Waals surface area contributed by atoms with E-state index in [9.17, 15) is 53.1 Å². The third-order valence-corrected chi connectivity index (χ3v) is 8.31. The Bertz CT molecular complexity index is 1500. The van der Waals surface area contributed by atoms with E-state index in [0.717, 1.165) is 6.92 Å². The molecule has 0 bridgehead atoms. The van der Waals surface area contributed by atoms with Crippen molar-refractivity contribution in [3.63, 3.8) is 0 Å². The van der Waals surface area contributed by atoms with Crippen LogP contribution in [0.5, 0.6) is 0 Å². The van der Waals surface area contributed by atoms with Crippen LogP contribution in [0.4, 0.5) is 0 Å². The molecule has 0 spiro atoms. The Morgan fingerprint density at radius 3 is 1.71 bits per heavy atom. The summed E-state index contributed by atoms with van der Waals surface area (Å²) in [5.41, 5.74) is 27.2. The zero-order chi connectivity index (χ0) is 44.5. The van der Waals surface area contributed by atoms with Crippen LogP contribution in [0.3, 0.4) is 0 Å². The van der Waals surface area contributed by atoms with E-state index < -0.39 is 127 Å². The Balaban J connectivity index is 5.68. The van der Waals surface area contributed by atoms with Gasteiger partial charge in [-0.05, 0) is 52.5 Å². The number of thiol groups is 1. The minimum absolute atomic E-state index is 0.00275. The molecule has 19 N–H and O–H groups in total. The van der Waals surface area contributed by atoms with Crippen LogP contribution in [-0.2, 0) is 47.9 Å². The fourth-order valence-corrected chi connectivity index (χ4v) is 4.97. The first-order valence-electron chi connectivity index (χ1n) is 18.1. The maximum atomic E-state index is 13.4. The highest BCUT2D eigenvalue weighted by molar-refractivity contribution is 7.80. The quantitative estimate of drug-likeness (QED) is 0.0144. The summed E-state index contributed by atoms with van der Waals surface area (Å²) in [6, 6.07) is -9.44. The average molecular weight is 848 g/mol. The van der Waals surface area contributed by atoms with Crippen molar-refractivity contribution in [2.75, 3.05) is 25.4 Å². The number of nitrogens with zero attached hydrogens (tertiary/aromatic N) is 1. The van der Waals surface area contributed by atoms with Gasteiger partial charge in [-0.2, -0.15) is 12.6 Å². The van der Waals surface area contributed by atoms with Gasteiger partial charge in [0.1, 0.15) is 36.3 Å². The van der Waals surface area contributed by atoms with Crippen LogP contribution in [0.2, 0.25) is 0 Å². The molecule has 0 heterocycles. The number of nitrogens with one attached hydrogen (secondary N) is 7. The molecule has 26 heteroatoms. The lowest BCUT2D eigenvalue weighted by Gasteiger charge is -2.24. The van der Waals surface area contributed by atoms with E-state index >= 15 is 0 Å². The second kappa shape index (κ2) is 27.8. The molecular formula is C32H57N13O12S. The van der Waals surface area contributed by atoms with E-state index in [0.29, 0.717) is 25.8 Å². The molecular weight excluding hydrogens is 790 g/mol. The number of amides is 8. The molecule has 0 aromatic heterocycles. The number of nitrogens with two attached hydrogens (primary N) is 5. The number of unbranched alkanes of at least 4 members (excludes halogenated alkanes) is 1. The molecule has 0 rings (SSSR count). The fraction of sp³-hybridized carbons (Fsp3) is 0.656. The molecule has 328 valence electrons. The van der Waals surface area contributed by atoms with Crippen molar-refractivity contribution in [2.24, 2.45) is 33.7 Å². The van der Waals surface area contributed by atoms with Crippen molar-refractivity contribution in [1.82, 2.24) is 37.2 Å². The summed E-state index contributed by atoms with van der Waals surface area (Å²) >= 11 is 4.07. The van der Waals surface area contributed by atoms with Gasteiger partial charge < -0.3 is 76.1 Å². The molecule has 0 fully saturated rings. The number of carboxylic acids is 2. The van der Waals surface area contributed by atoms with Gasteiger partial charge >= 0.3 is 11.9 Å². The zero-order valence-corrected chi connectivity index (χ0v) is 33.2. The standard InChI is InChI=1S/C32H57N13O12S/c1-15(40-27(52)17(34)6-3-4-10-33)26(51)45-21(14-58)28(53)39-13-23(47)42-18(7-5-11-38-32(36)37)29(54)44-20(12-22(35)46)30(55)41-16(2)25(50)43-19(31(56)57)8-9-24(48)49/h15-21,58H,3-14,33-34H2,1-2H3,(H2,35,46)(H,39,53)(H,40,52)(H,41,55)(H,42,47)(H,43,50)(H,44,54)(H,45,51)(H,48,49)(H,56,57)(H4,36,37,38)/t15-,16-,17-,18-,19-,20-,21-/m0/s1. The Morgan fingerprint density at radius 2 is 1.19 bits per heavy atom. The molecule has 0 radical (unpaired) electrons. The minimum atomic E-state index is -1.71. The molecule has 0 aromatic rings. The summed E-state index contributed by atoms with van der Waals surface area (Å²) < 4.78 is 0. The maximum Gasteiger partial charge on any atom is 0.326 e. The first-order chi connectivity index (χ1) is 27.1. The van der Waals surface area contributed by atoms with E-state index in [1.54, 1.807) is 0 Å². The third kappa shape index (κ3) is 22.1. The van der Waals surface area contributed by atoms with Crippen molar-refractivity contribution in [3.05, 3.63) is 0 Å². The van der Waals surface area contributed by atoms with Gasteiger partial charge in [0, 0.05) is 18.7 Å². The van der Waals surface area contributed by atoms with Crippen LogP contribution in [0.25, 0.3) is 0 Å². The highest BCUT2D eigenvalue weighted by Gasteiger charge is 2.31. The van der Waals surface area contributed by atoms with Gasteiger partial charge in [-0.3, -0.25) is 48.1 Å². The van der Waals surface area contributed by atoms with Crippen LogP contribution >= 0.6 is 12.6 Å². The maximum absolute atomic E-state index is 13.4. The van der Waals surface area contributed by atoms with Crippen LogP contribution in [0, 0.1) is 0 Å². The minimum Gasteiger partial charge on any atom is -0.481 e. The number of hydrogen-bond donors (Lipinski definition) is 15. The summed E-state index contributed by atoms with van der Waals surface area (Å²) in [6.45, 7) is 2.24. The normalized spacial score (nSPS) is 14.3. The van der Waals surface area contributed by atoms with Crippen molar-refractivity contribution >= 4 is 77.8 Å². The Morgan fingerprint density at radius 1 is 0.638 bits per heavy atom. The van der Waals surface area contributed by atoms with Crippen LogP contribution < -0.4 is 65.9 Å². The van der Waals surface area contributed by atoms with E-state index in [4.69, 9.17) is 33.8 Å². The molecule has 58 heavy (non-hydrogen) atoms. The van der Waals surface area contributed by atoms with Crippen molar-refractivity contribution < 1.29 is 58.2 Å².